The molecule has 0 radical (unpaired) electrons. The number of benzene rings is 1. The average Bonchev–Trinajstić information content (AvgIpc) is 2.54. The van der Waals surface area contributed by atoms with Crippen molar-refractivity contribution in [1.29, 1.82) is 0 Å². The molecule has 118 valence electrons. The van der Waals surface area contributed by atoms with Gasteiger partial charge in [0, 0.05) is 32.7 Å². The van der Waals surface area contributed by atoms with Crippen LogP contribution in [0.2, 0.25) is 0 Å². The predicted octanol–water partition coefficient (Wildman–Crippen LogP) is 2.50. The lowest BCUT2D eigenvalue weighted by molar-refractivity contribution is 0.125. The Kier molecular flexibility index (Phi) is 7.20. The van der Waals surface area contributed by atoms with Crippen LogP contribution in [0.15, 0.2) is 24.3 Å². The van der Waals surface area contributed by atoms with Gasteiger partial charge in [-0.3, -0.25) is 4.90 Å². The van der Waals surface area contributed by atoms with Crippen molar-refractivity contribution >= 4 is 0 Å². The Bertz CT molecular complexity index is 380. The Morgan fingerprint density at radius 3 is 2.10 bits per heavy atom. The maximum absolute atomic E-state index is 5.54. The highest BCUT2D eigenvalue weighted by Gasteiger charge is 2.16. The largest absolute Gasteiger partial charge is 0.330 e. The molecule has 0 unspecified atom stereocenters. The van der Waals surface area contributed by atoms with E-state index in [1.54, 1.807) is 0 Å². The van der Waals surface area contributed by atoms with Crippen molar-refractivity contribution in [1.82, 2.24) is 9.80 Å². The van der Waals surface area contributed by atoms with Crippen LogP contribution in [0.5, 0.6) is 0 Å². The van der Waals surface area contributed by atoms with Gasteiger partial charge in [-0.25, -0.2) is 0 Å². The smallest absolute Gasteiger partial charge is 0.0234 e. The van der Waals surface area contributed by atoms with Crippen LogP contribution in [0.25, 0.3) is 0 Å². The fourth-order valence-electron chi connectivity index (χ4n) is 2.97. The van der Waals surface area contributed by atoms with E-state index in [9.17, 15) is 0 Å². The number of nitrogens with zero attached hydrogens (tertiary/aromatic N) is 2. The molecule has 1 aliphatic rings. The average molecular weight is 289 g/mol. The maximum Gasteiger partial charge on any atom is 0.0234 e. The van der Waals surface area contributed by atoms with Gasteiger partial charge in [-0.1, -0.05) is 37.6 Å². The van der Waals surface area contributed by atoms with Gasteiger partial charge in [0.25, 0.3) is 0 Å². The Labute approximate surface area is 130 Å². The van der Waals surface area contributed by atoms with E-state index in [2.05, 4.69) is 41.0 Å². The molecule has 1 fully saturated rings. The minimum atomic E-state index is 0.838. The Balaban J connectivity index is 1.66. The van der Waals surface area contributed by atoms with E-state index < -0.39 is 0 Å². The number of unbranched alkanes of at least 4 members (excludes halogenated alkanes) is 2. The highest BCUT2D eigenvalue weighted by atomic mass is 15.3. The fraction of sp³-hybridized carbons (Fsp3) is 0.667. The van der Waals surface area contributed by atoms with Crippen LogP contribution >= 0.6 is 0 Å². The molecule has 0 saturated carbocycles. The van der Waals surface area contributed by atoms with Gasteiger partial charge < -0.3 is 10.6 Å². The normalized spacial score (nSPS) is 17.2. The van der Waals surface area contributed by atoms with Crippen molar-refractivity contribution in [3.05, 3.63) is 35.4 Å². The molecule has 1 aromatic carbocycles. The van der Waals surface area contributed by atoms with Gasteiger partial charge in [0.2, 0.25) is 0 Å². The summed E-state index contributed by atoms with van der Waals surface area (Å²) in [5.74, 6) is 0. The molecule has 1 aromatic rings. The zero-order chi connectivity index (χ0) is 14.9. The van der Waals surface area contributed by atoms with E-state index in [1.807, 2.05) is 0 Å². The fourth-order valence-corrected chi connectivity index (χ4v) is 2.97. The van der Waals surface area contributed by atoms with E-state index >= 15 is 0 Å². The van der Waals surface area contributed by atoms with Gasteiger partial charge in [-0.2, -0.15) is 0 Å². The Morgan fingerprint density at radius 1 is 0.857 bits per heavy atom. The van der Waals surface area contributed by atoms with Crippen molar-refractivity contribution in [2.75, 3.05) is 39.3 Å². The third-order valence-electron chi connectivity index (χ3n) is 4.48. The van der Waals surface area contributed by atoms with Crippen LogP contribution in [0.4, 0.5) is 0 Å². The van der Waals surface area contributed by atoms with Crippen LogP contribution < -0.4 is 5.73 Å². The zero-order valence-corrected chi connectivity index (χ0v) is 13.6. The van der Waals surface area contributed by atoms with Crippen molar-refractivity contribution < 1.29 is 0 Å². The predicted molar refractivity (Wildman–Crippen MR) is 90.4 cm³/mol. The zero-order valence-electron chi connectivity index (χ0n) is 13.6. The molecule has 0 bridgehead atoms. The Morgan fingerprint density at radius 2 is 1.48 bits per heavy atom. The molecular formula is C18H31N3. The topological polar surface area (TPSA) is 32.5 Å². The van der Waals surface area contributed by atoms with Crippen molar-refractivity contribution in [2.45, 2.75) is 39.2 Å². The first-order valence-electron chi connectivity index (χ1n) is 8.54. The van der Waals surface area contributed by atoms with Gasteiger partial charge in [-0.05, 0) is 43.5 Å². The van der Waals surface area contributed by atoms with Crippen molar-refractivity contribution in [3.8, 4) is 0 Å². The second-order valence-corrected chi connectivity index (χ2v) is 6.14. The summed E-state index contributed by atoms with van der Waals surface area (Å²) in [5.41, 5.74) is 8.42. The lowest BCUT2D eigenvalue weighted by Crippen LogP contribution is -2.46. The molecule has 0 spiro atoms. The highest BCUT2D eigenvalue weighted by Crippen LogP contribution is 2.11. The maximum atomic E-state index is 5.54. The summed E-state index contributed by atoms with van der Waals surface area (Å²) in [7, 11) is 0. The molecule has 1 saturated heterocycles. The van der Waals surface area contributed by atoms with E-state index in [0.717, 1.165) is 19.5 Å². The second-order valence-electron chi connectivity index (χ2n) is 6.14. The molecule has 21 heavy (non-hydrogen) atoms. The van der Waals surface area contributed by atoms with Crippen LogP contribution in [0.3, 0.4) is 0 Å². The summed E-state index contributed by atoms with van der Waals surface area (Å²) in [6.45, 7) is 10.2. The minimum Gasteiger partial charge on any atom is -0.330 e. The van der Waals surface area contributed by atoms with Crippen molar-refractivity contribution in [2.24, 2.45) is 5.73 Å². The first kappa shape index (κ1) is 16.5. The molecule has 0 aliphatic carbocycles. The quantitative estimate of drug-likeness (QED) is 0.746. The summed E-state index contributed by atoms with van der Waals surface area (Å²) in [6.07, 6.45) is 4.88. The molecule has 2 rings (SSSR count). The number of hydrogen-bond acceptors (Lipinski definition) is 3. The lowest BCUT2D eigenvalue weighted by atomic mass is 10.1. The van der Waals surface area contributed by atoms with Crippen LogP contribution in [-0.4, -0.2) is 49.1 Å². The van der Waals surface area contributed by atoms with Gasteiger partial charge in [0.05, 0.1) is 0 Å². The van der Waals surface area contributed by atoms with E-state index in [0.29, 0.717) is 0 Å². The third kappa shape index (κ3) is 5.77. The SMILES string of the molecule is CCc1ccc(CN2CCN(CCCCCN)CC2)cc1. The third-order valence-corrected chi connectivity index (χ3v) is 4.48. The molecular weight excluding hydrogens is 258 g/mol. The summed E-state index contributed by atoms with van der Waals surface area (Å²) < 4.78 is 0. The minimum absolute atomic E-state index is 0.838. The summed E-state index contributed by atoms with van der Waals surface area (Å²) in [6, 6.07) is 9.11. The molecule has 0 aromatic heterocycles. The van der Waals surface area contributed by atoms with E-state index in [4.69, 9.17) is 5.73 Å². The summed E-state index contributed by atoms with van der Waals surface area (Å²) in [5, 5.41) is 0. The van der Waals surface area contributed by atoms with E-state index in [1.165, 1.54) is 63.1 Å². The number of rotatable bonds is 8. The number of nitrogens with two attached hydrogens (primary N) is 1. The van der Waals surface area contributed by atoms with Crippen LogP contribution in [0, 0.1) is 0 Å². The van der Waals surface area contributed by atoms with Gasteiger partial charge in [0.15, 0.2) is 0 Å². The van der Waals surface area contributed by atoms with E-state index in [-0.39, 0.29) is 0 Å². The number of piperazine rings is 1. The highest BCUT2D eigenvalue weighted by molar-refractivity contribution is 5.22. The Hall–Kier alpha value is -0.900. The summed E-state index contributed by atoms with van der Waals surface area (Å²) in [4.78, 5) is 5.19. The lowest BCUT2D eigenvalue weighted by Gasteiger charge is -2.34. The number of aryl methyl sites for hydroxylation is 1. The molecule has 0 atom stereocenters. The van der Waals surface area contributed by atoms with Gasteiger partial charge >= 0.3 is 0 Å². The second kappa shape index (κ2) is 9.19. The summed E-state index contributed by atoms with van der Waals surface area (Å²) >= 11 is 0. The molecule has 1 heterocycles. The molecule has 2 N–H and O–H groups in total. The monoisotopic (exact) mass is 289 g/mol. The molecule has 1 aliphatic heterocycles. The van der Waals surface area contributed by atoms with Crippen LogP contribution in [0.1, 0.15) is 37.3 Å². The van der Waals surface area contributed by atoms with Crippen molar-refractivity contribution in [3.63, 3.8) is 0 Å². The molecule has 3 nitrogen and oxygen atoms in total. The first-order valence-corrected chi connectivity index (χ1v) is 8.54. The van der Waals surface area contributed by atoms with Crippen LogP contribution in [-0.2, 0) is 13.0 Å². The molecule has 3 heteroatoms. The molecule has 0 amide bonds. The standard InChI is InChI=1S/C18H31N3/c1-2-17-6-8-18(9-7-17)16-21-14-12-20(13-15-21)11-5-3-4-10-19/h6-9H,2-5,10-16,19H2,1H3. The van der Waals surface area contributed by atoms with Gasteiger partial charge in [0.1, 0.15) is 0 Å². The first-order chi connectivity index (χ1) is 10.3. The van der Waals surface area contributed by atoms with Gasteiger partial charge in [-0.15, -0.1) is 0 Å². The number of hydrogen-bond donors (Lipinski definition) is 1.